The summed E-state index contributed by atoms with van der Waals surface area (Å²) in [6.07, 6.45) is -1.07. The van der Waals surface area contributed by atoms with Crippen molar-refractivity contribution in [1.29, 1.82) is 0 Å². The highest BCUT2D eigenvalue weighted by Gasteiger charge is 2.48. The van der Waals surface area contributed by atoms with Crippen molar-refractivity contribution in [2.45, 2.75) is 25.4 Å². The van der Waals surface area contributed by atoms with E-state index < -0.39 is 12.1 Å². The minimum absolute atomic E-state index is 0.0397. The molecule has 3 heterocycles. The minimum atomic E-state index is -5.08. The summed E-state index contributed by atoms with van der Waals surface area (Å²) in [5.41, 5.74) is 0.206. The molecule has 30 heavy (non-hydrogen) atoms. The Balaban J connectivity index is 0.000000396. The van der Waals surface area contributed by atoms with E-state index in [0.717, 1.165) is 25.8 Å². The summed E-state index contributed by atoms with van der Waals surface area (Å²) in [7, 11) is 1.65. The summed E-state index contributed by atoms with van der Waals surface area (Å²) in [6, 6.07) is 5.35. The zero-order chi connectivity index (χ0) is 22.4. The molecule has 8 nitrogen and oxygen atoms in total. The van der Waals surface area contributed by atoms with E-state index in [1.807, 2.05) is 15.9 Å². The number of pyridine rings is 1. The van der Waals surface area contributed by atoms with E-state index >= 15 is 0 Å². The van der Waals surface area contributed by atoms with Gasteiger partial charge in [-0.05, 0) is 31.4 Å². The van der Waals surface area contributed by atoms with Gasteiger partial charge in [-0.15, -0.1) is 0 Å². The Morgan fingerprint density at radius 3 is 2.30 bits per heavy atom. The molecular weight excluding hydrogens is 407 g/mol. The number of piperidine rings is 1. The summed E-state index contributed by atoms with van der Waals surface area (Å²) < 4.78 is 36.8. The zero-order valence-corrected chi connectivity index (χ0v) is 16.5. The maximum atomic E-state index is 12.7. The van der Waals surface area contributed by atoms with Crippen LogP contribution in [0.1, 0.15) is 29.8 Å². The molecule has 0 unspecified atom stereocenters. The average Bonchev–Trinajstić information content (AvgIpc) is 3.02. The molecule has 0 saturated carbocycles. The number of halogens is 3. The van der Waals surface area contributed by atoms with Gasteiger partial charge in [0.15, 0.2) is 0 Å². The highest BCUT2D eigenvalue weighted by molar-refractivity contribution is 5.92. The lowest BCUT2D eigenvalue weighted by Gasteiger charge is -2.37. The van der Waals surface area contributed by atoms with Crippen LogP contribution >= 0.6 is 0 Å². The first-order valence-electron chi connectivity index (χ1n) is 9.39. The van der Waals surface area contributed by atoms with E-state index in [4.69, 9.17) is 14.6 Å². The Kier molecular flexibility index (Phi) is 7.77. The van der Waals surface area contributed by atoms with Crippen LogP contribution in [0, 0.1) is 5.41 Å². The number of methoxy groups -OCH3 is 1. The normalized spacial score (nSPS) is 18.2. The number of hydrogen-bond acceptors (Lipinski definition) is 5. The van der Waals surface area contributed by atoms with E-state index in [9.17, 15) is 22.8 Å². The molecule has 11 heteroatoms. The molecule has 0 bridgehead atoms. The lowest BCUT2D eigenvalue weighted by atomic mass is 9.77. The second kappa shape index (κ2) is 9.88. The van der Waals surface area contributed by atoms with Gasteiger partial charge in [0, 0.05) is 39.5 Å². The second-order valence-electron chi connectivity index (χ2n) is 7.13. The van der Waals surface area contributed by atoms with Crippen molar-refractivity contribution in [3.63, 3.8) is 0 Å². The number of ether oxygens (including phenoxy) is 1. The number of carboxylic acid groups (broad SMARTS) is 1. The van der Waals surface area contributed by atoms with Crippen molar-refractivity contribution in [2.75, 3.05) is 39.9 Å². The van der Waals surface area contributed by atoms with E-state index in [0.29, 0.717) is 31.9 Å². The Morgan fingerprint density at radius 2 is 1.80 bits per heavy atom. The summed E-state index contributed by atoms with van der Waals surface area (Å²) in [6.45, 7) is 3.29. The van der Waals surface area contributed by atoms with Gasteiger partial charge < -0.3 is 19.6 Å². The molecule has 2 amide bonds. The van der Waals surface area contributed by atoms with Gasteiger partial charge in [0.25, 0.3) is 5.91 Å². The van der Waals surface area contributed by atoms with Gasteiger partial charge in [0.2, 0.25) is 5.91 Å². The van der Waals surface area contributed by atoms with Crippen LogP contribution in [0.4, 0.5) is 13.2 Å². The topological polar surface area (TPSA) is 100 Å². The monoisotopic (exact) mass is 431 g/mol. The first-order valence-corrected chi connectivity index (χ1v) is 9.39. The van der Waals surface area contributed by atoms with Gasteiger partial charge in [0.1, 0.15) is 5.69 Å². The number of hydrogen-bond donors (Lipinski definition) is 1. The van der Waals surface area contributed by atoms with E-state index in [-0.39, 0.29) is 17.2 Å². The number of carbonyl (C=O) groups excluding carboxylic acids is 2. The third-order valence-corrected chi connectivity index (χ3v) is 5.30. The van der Waals surface area contributed by atoms with Crippen molar-refractivity contribution in [3.8, 4) is 0 Å². The SMILES string of the molecule is COCCN1CCC2(CCN(C(=O)c3ccccn3)CC2)C1=O.O=C(O)C(F)(F)F. The first-order chi connectivity index (χ1) is 14.1. The average molecular weight is 431 g/mol. The number of carboxylic acids is 1. The molecule has 1 spiro atoms. The number of nitrogens with zero attached hydrogens (tertiary/aromatic N) is 3. The van der Waals surface area contributed by atoms with E-state index in [2.05, 4.69) is 4.98 Å². The molecule has 0 aromatic carbocycles. The third-order valence-electron chi connectivity index (χ3n) is 5.30. The quantitative estimate of drug-likeness (QED) is 0.781. The van der Waals surface area contributed by atoms with Gasteiger partial charge in [-0.2, -0.15) is 13.2 Å². The number of rotatable bonds is 4. The first kappa shape index (κ1) is 23.6. The predicted octanol–water partition coefficient (Wildman–Crippen LogP) is 1.82. The number of carbonyl (C=O) groups is 3. The highest BCUT2D eigenvalue weighted by Crippen LogP contribution is 2.41. The zero-order valence-electron chi connectivity index (χ0n) is 16.5. The number of aliphatic carboxylic acids is 1. The summed E-state index contributed by atoms with van der Waals surface area (Å²) in [4.78, 5) is 41.9. The number of aromatic nitrogens is 1. The predicted molar refractivity (Wildman–Crippen MR) is 98.6 cm³/mol. The molecule has 2 fully saturated rings. The largest absolute Gasteiger partial charge is 0.490 e. The van der Waals surface area contributed by atoms with Crippen molar-refractivity contribution < 1.29 is 37.4 Å². The molecule has 2 aliphatic heterocycles. The minimum Gasteiger partial charge on any atom is -0.475 e. The number of alkyl halides is 3. The van der Waals surface area contributed by atoms with Crippen LogP contribution in [0.25, 0.3) is 0 Å². The van der Waals surface area contributed by atoms with Gasteiger partial charge in [-0.25, -0.2) is 4.79 Å². The molecule has 1 aromatic rings. The Labute approximate surface area is 171 Å². The Hall–Kier alpha value is -2.69. The molecule has 2 aliphatic rings. The summed E-state index contributed by atoms with van der Waals surface area (Å²) in [5, 5.41) is 7.12. The lowest BCUT2D eigenvalue weighted by Crippen LogP contribution is -2.47. The van der Waals surface area contributed by atoms with Crippen LogP contribution in [0.3, 0.4) is 0 Å². The van der Waals surface area contributed by atoms with Crippen LogP contribution in [0.5, 0.6) is 0 Å². The molecule has 2 saturated heterocycles. The summed E-state index contributed by atoms with van der Waals surface area (Å²) in [5.74, 6) is -2.56. The maximum Gasteiger partial charge on any atom is 0.490 e. The Morgan fingerprint density at radius 1 is 1.20 bits per heavy atom. The molecule has 1 N–H and O–H groups in total. The molecule has 0 radical (unpaired) electrons. The molecular formula is C19H24F3N3O5. The highest BCUT2D eigenvalue weighted by atomic mass is 19.4. The van der Waals surface area contributed by atoms with E-state index in [1.54, 1.807) is 25.4 Å². The second-order valence-corrected chi connectivity index (χ2v) is 7.13. The van der Waals surface area contributed by atoms with Gasteiger partial charge in [-0.1, -0.05) is 6.07 Å². The Bertz CT molecular complexity index is 750. The molecule has 0 aliphatic carbocycles. The molecule has 0 atom stereocenters. The van der Waals surface area contributed by atoms with E-state index in [1.165, 1.54) is 0 Å². The maximum absolute atomic E-state index is 12.7. The standard InChI is InChI=1S/C17H23N3O3.C2HF3O2/c1-23-13-12-20-11-7-17(16(20)22)5-9-19(10-6-17)15(21)14-4-2-3-8-18-14;3-2(4,5)1(6)7/h2-4,8H,5-7,9-13H2,1H3;(H,6,7). The molecule has 3 rings (SSSR count). The number of amides is 2. The third kappa shape index (κ3) is 5.68. The van der Waals surface area contributed by atoms with Crippen molar-refractivity contribution in [1.82, 2.24) is 14.8 Å². The van der Waals surface area contributed by atoms with Gasteiger partial charge in [0.05, 0.1) is 12.0 Å². The lowest BCUT2D eigenvalue weighted by molar-refractivity contribution is -0.192. The van der Waals surface area contributed by atoms with Crippen LogP contribution in [0.15, 0.2) is 24.4 Å². The fraction of sp³-hybridized carbons (Fsp3) is 0.579. The fourth-order valence-electron chi connectivity index (χ4n) is 3.56. The van der Waals surface area contributed by atoms with Crippen LogP contribution in [-0.4, -0.2) is 83.7 Å². The van der Waals surface area contributed by atoms with Crippen LogP contribution in [-0.2, 0) is 14.3 Å². The molecule has 166 valence electrons. The molecule has 1 aromatic heterocycles. The van der Waals surface area contributed by atoms with Gasteiger partial charge >= 0.3 is 12.1 Å². The van der Waals surface area contributed by atoms with Crippen molar-refractivity contribution in [2.24, 2.45) is 5.41 Å². The fourth-order valence-corrected chi connectivity index (χ4v) is 3.56. The number of likely N-dealkylation sites (tertiary alicyclic amines) is 2. The smallest absolute Gasteiger partial charge is 0.475 e. The van der Waals surface area contributed by atoms with Crippen molar-refractivity contribution in [3.05, 3.63) is 30.1 Å². The summed E-state index contributed by atoms with van der Waals surface area (Å²) >= 11 is 0. The van der Waals surface area contributed by atoms with Crippen molar-refractivity contribution >= 4 is 17.8 Å². The van der Waals surface area contributed by atoms with Crippen LogP contribution < -0.4 is 0 Å². The van der Waals surface area contributed by atoms with Gasteiger partial charge in [-0.3, -0.25) is 14.6 Å². The van der Waals surface area contributed by atoms with Crippen LogP contribution in [0.2, 0.25) is 0 Å².